The summed E-state index contributed by atoms with van der Waals surface area (Å²) in [6.45, 7) is 8.91. The minimum Gasteiger partial charge on any atom is -0.444 e. The zero-order valence-electron chi connectivity index (χ0n) is 12.7. The van der Waals surface area contributed by atoms with Crippen LogP contribution >= 0.6 is 0 Å². The molecule has 2 saturated carbocycles. The van der Waals surface area contributed by atoms with E-state index in [9.17, 15) is 4.79 Å². The summed E-state index contributed by atoms with van der Waals surface area (Å²) < 4.78 is 5.32. The first kappa shape index (κ1) is 14.6. The van der Waals surface area contributed by atoms with E-state index in [1.807, 2.05) is 20.8 Å². The van der Waals surface area contributed by atoms with Gasteiger partial charge in [0.1, 0.15) is 5.60 Å². The first-order valence-corrected chi connectivity index (χ1v) is 7.57. The van der Waals surface area contributed by atoms with Gasteiger partial charge in [0.15, 0.2) is 0 Å². The molecule has 0 aromatic rings. The van der Waals surface area contributed by atoms with Crippen molar-refractivity contribution in [2.45, 2.75) is 77.5 Å². The fraction of sp³-hybridized carbons (Fsp3) is 0.933. The fourth-order valence-corrected chi connectivity index (χ4v) is 3.24. The van der Waals surface area contributed by atoms with E-state index < -0.39 is 5.60 Å². The van der Waals surface area contributed by atoms with Gasteiger partial charge >= 0.3 is 6.09 Å². The highest BCUT2D eigenvalue weighted by Gasteiger charge is 2.55. The predicted molar refractivity (Wildman–Crippen MR) is 76.1 cm³/mol. The van der Waals surface area contributed by atoms with Crippen molar-refractivity contribution in [1.29, 1.82) is 0 Å². The molecule has 0 aliphatic heterocycles. The number of rotatable bonds is 3. The molecule has 2 fully saturated rings. The SMILES string of the molecule is CCNC1CCC2(CC1)CC2NC(=O)OC(C)(C)C. The number of amides is 1. The number of alkyl carbamates (subject to hydrolysis) is 1. The van der Waals surface area contributed by atoms with Gasteiger partial charge in [0.2, 0.25) is 0 Å². The van der Waals surface area contributed by atoms with Crippen molar-refractivity contribution in [2.24, 2.45) is 5.41 Å². The van der Waals surface area contributed by atoms with Gasteiger partial charge < -0.3 is 15.4 Å². The Bertz CT molecular complexity index is 328. The average Bonchev–Trinajstić information content (AvgIpc) is 2.92. The van der Waals surface area contributed by atoms with E-state index >= 15 is 0 Å². The van der Waals surface area contributed by atoms with Crippen LogP contribution in [0.15, 0.2) is 0 Å². The van der Waals surface area contributed by atoms with Crippen LogP contribution in [-0.2, 0) is 4.74 Å². The highest BCUT2D eigenvalue weighted by molar-refractivity contribution is 5.68. The summed E-state index contributed by atoms with van der Waals surface area (Å²) in [5.41, 5.74) is -0.0301. The van der Waals surface area contributed by atoms with Gasteiger partial charge in [-0.05, 0) is 64.8 Å². The van der Waals surface area contributed by atoms with Crippen molar-refractivity contribution < 1.29 is 9.53 Å². The molecule has 0 heterocycles. The Morgan fingerprint density at radius 2 is 1.95 bits per heavy atom. The quantitative estimate of drug-likeness (QED) is 0.827. The van der Waals surface area contributed by atoms with Crippen molar-refractivity contribution in [2.75, 3.05) is 6.54 Å². The minimum atomic E-state index is -0.408. The number of carbonyl (C=O) groups excluding carboxylic acids is 1. The van der Waals surface area contributed by atoms with Crippen molar-refractivity contribution in [3.05, 3.63) is 0 Å². The van der Waals surface area contributed by atoms with E-state index in [4.69, 9.17) is 4.74 Å². The molecule has 2 aliphatic carbocycles. The zero-order chi connectivity index (χ0) is 14.1. The molecule has 19 heavy (non-hydrogen) atoms. The average molecular weight is 268 g/mol. The van der Waals surface area contributed by atoms with Crippen molar-refractivity contribution in [3.8, 4) is 0 Å². The van der Waals surface area contributed by atoms with Crippen molar-refractivity contribution in [1.82, 2.24) is 10.6 Å². The summed E-state index contributed by atoms with van der Waals surface area (Å²) in [7, 11) is 0. The van der Waals surface area contributed by atoms with Crippen molar-refractivity contribution >= 4 is 6.09 Å². The molecule has 1 amide bonds. The van der Waals surface area contributed by atoms with Crippen LogP contribution < -0.4 is 10.6 Å². The first-order valence-electron chi connectivity index (χ1n) is 7.57. The highest BCUT2D eigenvalue weighted by atomic mass is 16.6. The lowest BCUT2D eigenvalue weighted by Crippen LogP contribution is -2.38. The number of hydrogen-bond donors (Lipinski definition) is 2. The Labute approximate surface area is 116 Å². The molecule has 2 aliphatic rings. The van der Waals surface area contributed by atoms with E-state index in [2.05, 4.69) is 17.6 Å². The third-order valence-corrected chi connectivity index (χ3v) is 4.35. The van der Waals surface area contributed by atoms with Gasteiger partial charge in [0.05, 0.1) is 0 Å². The van der Waals surface area contributed by atoms with Crippen LogP contribution in [0.4, 0.5) is 4.79 Å². The summed E-state index contributed by atoms with van der Waals surface area (Å²) in [6.07, 6.45) is 5.80. The van der Waals surface area contributed by atoms with Crippen LogP contribution in [0.5, 0.6) is 0 Å². The molecule has 0 aromatic heterocycles. The van der Waals surface area contributed by atoms with Gasteiger partial charge in [-0.3, -0.25) is 0 Å². The van der Waals surface area contributed by atoms with Crippen LogP contribution in [0.25, 0.3) is 0 Å². The van der Waals surface area contributed by atoms with Gasteiger partial charge in [-0.25, -0.2) is 4.79 Å². The summed E-state index contributed by atoms with van der Waals surface area (Å²) in [4.78, 5) is 11.8. The molecule has 2 rings (SSSR count). The van der Waals surface area contributed by atoms with Crippen LogP contribution in [-0.4, -0.2) is 30.3 Å². The lowest BCUT2D eigenvalue weighted by molar-refractivity contribution is 0.0512. The maximum absolute atomic E-state index is 11.8. The number of ether oxygens (including phenoxy) is 1. The molecule has 110 valence electrons. The molecule has 2 N–H and O–H groups in total. The van der Waals surface area contributed by atoms with Crippen LogP contribution in [0.1, 0.15) is 59.8 Å². The molecule has 1 atom stereocenters. The molecular formula is C15H28N2O2. The second kappa shape index (κ2) is 5.31. The van der Waals surface area contributed by atoms with E-state index in [0.717, 1.165) is 13.0 Å². The fourth-order valence-electron chi connectivity index (χ4n) is 3.24. The predicted octanol–water partition coefficient (Wildman–Crippen LogP) is 2.82. The monoisotopic (exact) mass is 268 g/mol. The van der Waals surface area contributed by atoms with E-state index in [1.165, 1.54) is 25.7 Å². The van der Waals surface area contributed by atoms with Gasteiger partial charge in [0, 0.05) is 12.1 Å². The maximum atomic E-state index is 11.8. The molecule has 1 unspecified atom stereocenters. The minimum absolute atomic E-state index is 0.261. The Balaban J connectivity index is 1.74. The van der Waals surface area contributed by atoms with Gasteiger partial charge in [-0.1, -0.05) is 6.92 Å². The number of hydrogen-bond acceptors (Lipinski definition) is 3. The smallest absolute Gasteiger partial charge is 0.407 e. The van der Waals surface area contributed by atoms with Crippen molar-refractivity contribution in [3.63, 3.8) is 0 Å². The van der Waals surface area contributed by atoms with Crippen LogP contribution in [0.3, 0.4) is 0 Å². The summed E-state index contributed by atoms with van der Waals surface area (Å²) in [5.74, 6) is 0. The maximum Gasteiger partial charge on any atom is 0.407 e. The largest absolute Gasteiger partial charge is 0.444 e. The lowest BCUT2D eigenvalue weighted by atomic mass is 9.83. The van der Waals surface area contributed by atoms with Gasteiger partial charge in [0.25, 0.3) is 0 Å². The Hall–Kier alpha value is -0.770. The first-order chi connectivity index (χ1) is 8.85. The van der Waals surface area contributed by atoms with E-state index in [1.54, 1.807) is 0 Å². The third kappa shape index (κ3) is 3.85. The molecular weight excluding hydrogens is 240 g/mol. The highest BCUT2D eigenvalue weighted by Crippen LogP contribution is 2.56. The number of carbonyl (C=O) groups is 1. The summed E-state index contributed by atoms with van der Waals surface area (Å²) >= 11 is 0. The lowest BCUT2D eigenvalue weighted by Gasteiger charge is -2.30. The van der Waals surface area contributed by atoms with Gasteiger partial charge in [-0.2, -0.15) is 0 Å². The molecule has 0 bridgehead atoms. The Morgan fingerprint density at radius 3 is 2.47 bits per heavy atom. The Morgan fingerprint density at radius 1 is 1.32 bits per heavy atom. The standard InChI is InChI=1S/C15H28N2O2/c1-5-16-11-6-8-15(9-7-11)10-12(15)17-13(18)19-14(2,3)4/h11-12,16H,5-10H2,1-4H3,(H,17,18). The molecule has 4 nitrogen and oxygen atoms in total. The van der Waals surface area contributed by atoms with E-state index in [0.29, 0.717) is 17.5 Å². The topological polar surface area (TPSA) is 50.4 Å². The van der Waals surface area contributed by atoms with E-state index in [-0.39, 0.29) is 6.09 Å². The second-order valence-corrected chi connectivity index (χ2v) is 7.10. The summed E-state index contributed by atoms with van der Waals surface area (Å²) in [6, 6.07) is 1.02. The second-order valence-electron chi connectivity index (χ2n) is 7.10. The Kier molecular flexibility index (Phi) is 4.09. The normalized spacial score (nSPS) is 34.1. The molecule has 4 heteroatoms. The molecule has 1 spiro atoms. The molecule has 0 saturated heterocycles. The number of nitrogens with one attached hydrogen (secondary N) is 2. The summed E-state index contributed by atoms with van der Waals surface area (Å²) in [5, 5.41) is 6.56. The zero-order valence-corrected chi connectivity index (χ0v) is 12.7. The third-order valence-electron chi connectivity index (χ3n) is 4.35. The van der Waals surface area contributed by atoms with Crippen LogP contribution in [0, 0.1) is 5.41 Å². The molecule has 0 aromatic carbocycles. The molecule has 0 radical (unpaired) electrons. The van der Waals surface area contributed by atoms with Gasteiger partial charge in [-0.15, -0.1) is 0 Å². The van der Waals surface area contributed by atoms with Crippen LogP contribution in [0.2, 0.25) is 0 Å².